The molecule has 1 aromatic rings. The zero-order chi connectivity index (χ0) is 11.8. The van der Waals surface area contributed by atoms with E-state index in [1.54, 1.807) is 24.4 Å². The fraction of sp³-hybridized carbons (Fsp3) is 0.538. The van der Waals surface area contributed by atoms with E-state index >= 15 is 0 Å². The van der Waals surface area contributed by atoms with Crippen LogP contribution in [0.15, 0.2) is 24.4 Å². The summed E-state index contributed by atoms with van der Waals surface area (Å²) in [6, 6.07) is 5.24. The standard InChI is InChI=1S/C13H19NO2/c1-2-3-4-7-11(15)10-13(16)12-8-5-6-9-14-12/h5-6,8-9,11,15H,2-4,7,10H2,1H3. The first-order valence-corrected chi connectivity index (χ1v) is 5.86. The van der Waals surface area contributed by atoms with Gasteiger partial charge in [-0.15, -0.1) is 0 Å². The molecular weight excluding hydrogens is 202 g/mol. The molecule has 0 aliphatic rings. The van der Waals surface area contributed by atoms with Gasteiger partial charge in [0.15, 0.2) is 5.78 Å². The van der Waals surface area contributed by atoms with Crippen LogP contribution in [0.4, 0.5) is 0 Å². The predicted octanol–water partition coefficient (Wildman–Crippen LogP) is 2.60. The van der Waals surface area contributed by atoms with Gasteiger partial charge < -0.3 is 5.11 Å². The number of aliphatic hydroxyl groups is 1. The number of hydrogen-bond donors (Lipinski definition) is 1. The molecule has 1 atom stereocenters. The van der Waals surface area contributed by atoms with Crippen LogP contribution in [0.25, 0.3) is 0 Å². The van der Waals surface area contributed by atoms with E-state index in [9.17, 15) is 9.90 Å². The SMILES string of the molecule is CCCCCC(O)CC(=O)c1ccccn1. The minimum absolute atomic E-state index is 0.0791. The number of pyridine rings is 1. The Balaban J connectivity index is 2.34. The van der Waals surface area contributed by atoms with Gasteiger partial charge >= 0.3 is 0 Å². The van der Waals surface area contributed by atoms with Crippen LogP contribution in [0.5, 0.6) is 0 Å². The van der Waals surface area contributed by atoms with Gasteiger partial charge in [0.25, 0.3) is 0 Å². The number of rotatable bonds is 7. The minimum Gasteiger partial charge on any atom is -0.393 e. The van der Waals surface area contributed by atoms with E-state index in [0.29, 0.717) is 12.1 Å². The molecule has 3 heteroatoms. The predicted molar refractivity (Wildman–Crippen MR) is 63.3 cm³/mol. The molecule has 0 bridgehead atoms. The Morgan fingerprint density at radius 3 is 2.88 bits per heavy atom. The summed E-state index contributed by atoms with van der Waals surface area (Å²) in [6.45, 7) is 2.12. The second-order valence-electron chi connectivity index (χ2n) is 3.99. The lowest BCUT2D eigenvalue weighted by atomic mass is 10.0. The van der Waals surface area contributed by atoms with Crippen molar-refractivity contribution in [3.63, 3.8) is 0 Å². The topological polar surface area (TPSA) is 50.2 Å². The summed E-state index contributed by atoms with van der Waals surface area (Å²) < 4.78 is 0. The van der Waals surface area contributed by atoms with Gasteiger partial charge in [0.05, 0.1) is 6.10 Å². The summed E-state index contributed by atoms with van der Waals surface area (Å²) in [4.78, 5) is 15.6. The van der Waals surface area contributed by atoms with Crippen molar-refractivity contribution in [2.24, 2.45) is 0 Å². The van der Waals surface area contributed by atoms with Crippen LogP contribution in [-0.2, 0) is 0 Å². The molecule has 0 fully saturated rings. The normalized spacial score (nSPS) is 12.4. The third-order valence-electron chi connectivity index (χ3n) is 2.51. The van der Waals surface area contributed by atoms with Crippen molar-refractivity contribution in [2.45, 2.75) is 45.1 Å². The summed E-state index contributed by atoms with van der Waals surface area (Å²) in [5, 5.41) is 9.66. The van der Waals surface area contributed by atoms with Crippen molar-refractivity contribution in [1.82, 2.24) is 4.98 Å². The molecule has 3 nitrogen and oxygen atoms in total. The van der Waals surface area contributed by atoms with Gasteiger partial charge in [0.2, 0.25) is 0 Å². The maximum atomic E-state index is 11.7. The monoisotopic (exact) mass is 221 g/mol. The largest absolute Gasteiger partial charge is 0.393 e. The summed E-state index contributed by atoms with van der Waals surface area (Å²) in [7, 11) is 0. The van der Waals surface area contributed by atoms with Crippen molar-refractivity contribution >= 4 is 5.78 Å². The van der Waals surface area contributed by atoms with E-state index in [0.717, 1.165) is 19.3 Å². The van der Waals surface area contributed by atoms with Gasteiger partial charge in [-0.05, 0) is 18.6 Å². The Morgan fingerprint density at radius 2 is 2.25 bits per heavy atom. The number of aliphatic hydroxyl groups excluding tert-OH is 1. The highest BCUT2D eigenvalue weighted by atomic mass is 16.3. The number of hydrogen-bond acceptors (Lipinski definition) is 3. The Hall–Kier alpha value is -1.22. The second kappa shape index (κ2) is 7.12. The highest BCUT2D eigenvalue weighted by Gasteiger charge is 2.12. The molecule has 1 heterocycles. The minimum atomic E-state index is -0.527. The van der Waals surface area contributed by atoms with Crippen molar-refractivity contribution in [3.05, 3.63) is 30.1 Å². The number of carbonyl (C=O) groups is 1. The molecule has 0 radical (unpaired) electrons. The number of Topliss-reactive ketones (excluding diaryl/α,β-unsaturated/α-hetero) is 1. The van der Waals surface area contributed by atoms with Crippen LogP contribution < -0.4 is 0 Å². The van der Waals surface area contributed by atoms with Crippen molar-refractivity contribution in [1.29, 1.82) is 0 Å². The quantitative estimate of drug-likeness (QED) is 0.568. The van der Waals surface area contributed by atoms with Crippen LogP contribution in [0.3, 0.4) is 0 Å². The van der Waals surface area contributed by atoms with Crippen LogP contribution >= 0.6 is 0 Å². The number of ketones is 1. The molecule has 0 saturated carbocycles. The number of nitrogens with zero attached hydrogens (tertiary/aromatic N) is 1. The molecule has 0 aliphatic carbocycles. The molecule has 0 amide bonds. The van der Waals surface area contributed by atoms with Crippen molar-refractivity contribution < 1.29 is 9.90 Å². The fourth-order valence-corrected chi connectivity index (χ4v) is 1.58. The molecule has 0 spiro atoms. The lowest BCUT2D eigenvalue weighted by Crippen LogP contribution is -2.14. The van der Waals surface area contributed by atoms with Gasteiger partial charge in [0.1, 0.15) is 5.69 Å². The Morgan fingerprint density at radius 1 is 1.44 bits per heavy atom. The first kappa shape index (κ1) is 12.8. The Bertz CT molecular complexity index is 311. The van der Waals surface area contributed by atoms with E-state index in [4.69, 9.17) is 0 Å². The smallest absolute Gasteiger partial charge is 0.183 e. The Kier molecular flexibility index (Phi) is 5.72. The van der Waals surface area contributed by atoms with E-state index < -0.39 is 6.10 Å². The molecule has 1 aromatic heterocycles. The Labute approximate surface area is 96.5 Å². The summed E-state index contributed by atoms with van der Waals surface area (Å²) in [5.41, 5.74) is 0.442. The average molecular weight is 221 g/mol. The molecule has 16 heavy (non-hydrogen) atoms. The highest BCUT2D eigenvalue weighted by Crippen LogP contribution is 2.09. The summed E-state index contributed by atoms with van der Waals surface area (Å²) >= 11 is 0. The second-order valence-corrected chi connectivity index (χ2v) is 3.99. The maximum Gasteiger partial charge on any atom is 0.183 e. The van der Waals surface area contributed by atoms with Gasteiger partial charge in [-0.1, -0.05) is 32.3 Å². The third kappa shape index (κ3) is 4.53. The number of unbranched alkanes of at least 4 members (excludes halogenated alkanes) is 2. The molecular formula is C13H19NO2. The molecule has 1 N–H and O–H groups in total. The zero-order valence-electron chi connectivity index (χ0n) is 9.72. The van der Waals surface area contributed by atoms with Crippen molar-refractivity contribution in [2.75, 3.05) is 0 Å². The molecule has 1 unspecified atom stereocenters. The number of aromatic nitrogens is 1. The van der Waals surface area contributed by atoms with Gasteiger partial charge in [-0.3, -0.25) is 9.78 Å². The third-order valence-corrected chi connectivity index (χ3v) is 2.51. The molecule has 0 aromatic carbocycles. The highest BCUT2D eigenvalue weighted by molar-refractivity contribution is 5.94. The maximum absolute atomic E-state index is 11.7. The van der Waals surface area contributed by atoms with Gasteiger partial charge in [-0.2, -0.15) is 0 Å². The van der Waals surface area contributed by atoms with E-state index in [2.05, 4.69) is 11.9 Å². The first-order chi connectivity index (χ1) is 7.74. The van der Waals surface area contributed by atoms with E-state index in [1.807, 2.05) is 0 Å². The molecule has 0 saturated heterocycles. The van der Waals surface area contributed by atoms with Crippen molar-refractivity contribution in [3.8, 4) is 0 Å². The lowest BCUT2D eigenvalue weighted by molar-refractivity contribution is 0.0859. The first-order valence-electron chi connectivity index (χ1n) is 5.86. The van der Waals surface area contributed by atoms with Crippen LogP contribution in [0, 0.1) is 0 Å². The molecule has 1 rings (SSSR count). The lowest BCUT2D eigenvalue weighted by Gasteiger charge is -2.08. The molecule has 88 valence electrons. The van der Waals surface area contributed by atoms with Crippen LogP contribution in [-0.4, -0.2) is 22.0 Å². The summed E-state index contributed by atoms with van der Waals surface area (Å²) in [5.74, 6) is -0.0791. The zero-order valence-corrected chi connectivity index (χ0v) is 9.72. The fourth-order valence-electron chi connectivity index (χ4n) is 1.58. The van der Waals surface area contributed by atoms with Gasteiger partial charge in [-0.25, -0.2) is 0 Å². The van der Waals surface area contributed by atoms with Crippen LogP contribution in [0.2, 0.25) is 0 Å². The van der Waals surface area contributed by atoms with E-state index in [1.165, 1.54) is 0 Å². The number of carbonyl (C=O) groups excluding carboxylic acids is 1. The van der Waals surface area contributed by atoms with E-state index in [-0.39, 0.29) is 12.2 Å². The van der Waals surface area contributed by atoms with Gasteiger partial charge in [0, 0.05) is 12.6 Å². The molecule has 0 aliphatic heterocycles. The average Bonchev–Trinajstić information content (AvgIpc) is 2.30. The summed E-state index contributed by atoms with van der Waals surface area (Å²) in [6.07, 6.45) is 5.16. The van der Waals surface area contributed by atoms with Crippen LogP contribution in [0.1, 0.15) is 49.5 Å².